The Kier molecular flexibility index (Phi) is 14.7. The Morgan fingerprint density at radius 1 is 0.378 bits per heavy atom. The molecule has 0 atom stereocenters. The summed E-state index contributed by atoms with van der Waals surface area (Å²) in [5, 5.41) is 33.2. The Morgan fingerprint density at radius 3 is 1.04 bits per heavy atom. The van der Waals surface area contributed by atoms with E-state index in [0.717, 1.165) is 117 Å². The highest BCUT2D eigenvalue weighted by molar-refractivity contribution is 6.89. The lowest BCUT2D eigenvalue weighted by molar-refractivity contribution is 0.247. The molecule has 426 valence electrons. The van der Waals surface area contributed by atoms with E-state index < -0.39 is 16.1 Å². The number of aryl methyl sites for hydroxylation is 5. The summed E-state index contributed by atoms with van der Waals surface area (Å²) in [6, 6.07) is 44.8. The van der Waals surface area contributed by atoms with Crippen molar-refractivity contribution in [2.75, 3.05) is 13.2 Å². The Bertz CT molecular complexity index is 4100. The van der Waals surface area contributed by atoms with Gasteiger partial charge in [0.25, 0.3) is 0 Å². The van der Waals surface area contributed by atoms with Gasteiger partial charge in [-0.3, -0.25) is 0 Å². The van der Waals surface area contributed by atoms with Crippen LogP contribution in [0.15, 0.2) is 121 Å². The number of fused-ring (bicyclic) bond motifs is 6. The fraction of sp³-hybridized carbons (Fsp3) is 0.351. The average Bonchev–Trinajstić information content (AvgIpc) is 1.90. The van der Waals surface area contributed by atoms with Crippen LogP contribution in [0.1, 0.15) is 113 Å². The van der Waals surface area contributed by atoms with Crippen LogP contribution in [0.25, 0.3) is 77.2 Å². The van der Waals surface area contributed by atoms with Crippen LogP contribution in [0.4, 0.5) is 0 Å². The highest BCUT2D eigenvalue weighted by Gasteiger charge is 2.29. The van der Waals surface area contributed by atoms with E-state index in [4.69, 9.17) is 9.47 Å². The van der Waals surface area contributed by atoms with Crippen LogP contribution in [0.2, 0.25) is 39.3 Å². The lowest BCUT2D eigenvalue weighted by Gasteiger charge is -2.24. The summed E-state index contributed by atoms with van der Waals surface area (Å²) >= 11 is 0. The molecular weight excluding hydrogens is 1040 g/mol. The van der Waals surface area contributed by atoms with E-state index in [1.165, 1.54) is 27.1 Å². The van der Waals surface area contributed by atoms with Gasteiger partial charge in [0.1, 0.15) is 23.0 Å². The summed E-state index contributed by atoms with van der Waals surface area (Å²) in [5.41, 5.74) is 17.9. The number of aromatic nitrogens is 2. The number of hydrogen-bond donors (Lipinski definition) is 2. The molecule has 10 rings (SSSR count). The van der Waals surface area contributed by atoms with Gasteiger partial charge in [-0.05, 0) is 144 Å². The first-order valence-corrected chi connectivity index (χ1v) is 36.6. The van der Waals surface area contributed by atoms with Crippen molar-refractivity contribution < 1.29 is 19.7 Å². The second kappa shape index (κ2) is 20.7. The minimum Gasteiger partial charge on any atom is -0.505 e. The number of aromatic hydroxyl groups is 2. The molecule has 2 aromatic heterocycles. The Hall–Kier alpha value is -7.01. The number of hydrogen-bond acceptors (Lipinski definition) is 4. The number of phenols is 2. The number of nitrogens with zero attached hydrogens (tertiary/aromatic N) is 2. The Labute approximate surface area is 490 Å². The van der Waals surface area contributed by atoms with E-state index in [2.05, 4.69) is 267 Å². The summed E-state index contributed by atoms with van der Waals surface area (Å²) in [5.74, 6) is 1.99. The highest BCUT2D eigenvalue weighted by Crippen LogP contribution is 2.48. The molecule has 10 aromatic rings. The van der Waals surface area contributed by atoms with E-state index in [1.807, 2.05) is 0 Å². The van der Waals surface area contributed by atoms with Gasteiger partial charge in [-0.2, -0.15) is 0 Å². The molecule has 6 nitrogen and oxygen atoms in total. The van der Waals surface area contributed by atoms with Gasteiger partial charge in [-0.15, -0.1) is 0 Å². The van der Waals surface area contributed by atoms with Gasteiger partial charge in [0, 0.05) is 50.2 Å². The van der Waals surface area contributed by atoms with Crippen molar-refractivity contribution in [1.82, 2.24) is 9.13 Å². The van der Waals surface area contributed by atoms with Gasteiger partial charge in [0.05, 0.1) is 62.8 Å². The first-order chi connectivity index (χ1) is 38.2. The third kappa shape index (κ3) is 10.8. The van der Waals surface area contributed by atoms with E-state index >= 15 is 0 Å². The second-order valence-corrected chi connectivity index (χ2v) is 39.0. The van der Waals surface area contributed by atoms with Gasteiger partial charge in [-0.25, -0.2) is 0 Å². The van der Waals surface area contributed by atoms with Crippen molar-refractivity contribution in [3.8, 4) is 56.6 Å². The van der Waals surface area contributed by atoms with Crippen LogP contribution in [0.5, 0.6) is 23.0 Å². The van der Waals surface area contributed by atoms with Crippen molar-refractivity contribution >= 4 is 70.1 Å². The molecule has 0 unspecified atom stereocenters. The standard InChI is InChI=1S/C74H88N2O4Si2/c1-44-22-26-54-55-27-23-49(72(6,7)8)39-63(55)75(62(54)34-44)66-35-45(2)32-58(68(66)77)60-42-52(81(15,16)17)37-47(4)70(60)79-30-21-31-80-71-48(5)38-53(82(18,19)20)43-61(71)59-33-46(3)36-67(69(59)78)76-64-40-50(73(9,10)11)24-28-56(64)57-29-25-51(41-65(57)76)74(12,13)14/h22-29,32-43,77-78H,21,30-31H2,1-20H3. The molecule has 0 saturated carbocycles. The van der Waals surface area contributed by atoms with Crippen molar-refractivity contribution in [3.63, 3.8) is 0 Å². The molecule has 82 heavy (non-hydrogen) atoms. The predicted molar refractivity (Wildman–Crippen MR) is 357 cm³/mol. The number of phenolic OH excluding ortho intramolecular Hbond substituents is 2. The molecule has 0 aliphatic rings. The minimum atomic E-state index is -1.85. The number of ether oxygens (including phenoxy) is 2. The van der Waals surface area contributed by atoms with Crippen LogP contribution in [-0.2, 0) is 16.2 Å². The van der Waals surface area contributed by atoms with Crippen molar-refractivity contribution in [2.45, 2.75) is 159 Å². The molecule has 0 bridgehead atoms. The molecular formula is C74H88N2O4Si2. The van der Waals surface area contributed by atoms with Gasteiger partial charge in [0.15, 0.2) is 0 Å². The maximum Gasteiger partial charge on any atom is 0.147 e. The number of rotatable bonds is 12. The molecule has 8 aromatic carbocycles. The smallest absolute Gasteiger partial charge is 0.147 e. The van der Waals surface area contributed by atoms with Gasteiger partial charge in [0.2, 0.25) is 0 Å². The van der Waals surface area contributed by atoms with Crippen molar-refractivity contribution in [3.05, 3.63) is 166 Å². The van der Waals surface area contributed by atoms with E-state index in [9.17, 15) is 10.2 Å². The molecule has 0 spiro atoms. The first kappa shape index (κ1) is 58.2. The summed E-state index contributed by atoms with van der Waals surface area (Å²) < 4.78 is 18.5. The summed E-state index contributed by atoms with van der Waals surface area (Å²) in [4.78, 5) is 0. The minimum absolute atomic E-state index is 0.0611. The third-order valence-electron chi connectivity index (χ3n) is 16.9. The molecule has 0 radical (unpaired) electrons. The summed E-state index contributed by atoms with van der Waals surface area (Å²) in [6.07, 6.45) is 0.601. The van der Waals surface area contributed by atoms with Crippen LogP contribution >= 0.6 is 0 Å². The van der Waals surface area contributed by atoms with Gasteiger partial charge < -0.3 is 28.8 Å². The zero-order valence-corrected chi connectivity index (χ0v) is 54.8. The molecule has 2 heterocycles. The van der Waals surface area contributed by atoms with Crippen LogP contribution in [0, 0.1) is 34.6 Å². The SMILES string of the molecule is Cc1cc(-c2cc([Si](C)(C)C)cc(C)c2OCCCOc2c(C)cc([Si](C)(C)C)cc2-c2cc(C)cc(-n3c4cc(C(C)(C)C)ccc4c4ccc(C(C)(C)C)cc43)c2O)c(O)c(-n2c3cc(C)ccc3c3ccc(C(C)(C)C)cc32)c1. The van der Waals surface area contributed by atoms with Crippen LogP contribution in [-0.4, -0.2) is 48.7 Å². The quantitative estimate of drug-likeness (QED) is 0.0945. The summed E-state index contributed by atoms with van der Waals surface area (Å²) in [6.45, 7) is 46.0. The zero-order chi connectivity index (χ0) is 59.5. The monoisotopic (exact) mass is 1120 g/mol. The molecule has 0 aliphatic carbocycles. The van der Waals surface area contributed by atoms with Gasteiger partial charge in [-0.1, -0.05) is 185 Å². The van der Waals surface area contributed by atoms with Crippen LogP contribution < -0.4 is 19.8 Å². The Balaban J connectivity index is 1.03. The third-order valence-corrected chi connectivity index (χ3v) is 20.9. The maximum atomic E-state index is 13.0. The lowest BCUT2D eigenvalue weighted by atomic mass is 9.86. The highest BCUT2D eigenvalue weighted by atomic mass is 28.3. The normalized spacial score (nSPS) is 12.9. The molecule has 0 fully saturated rings. The van der Waals surface area contributed by atoms with E-state index in [0.29, 0.717) is 19.6 Å². The molecule has 0 amide bonds. The fourth-order valence-corrected chi connectivity index (χ4v) is 14.4. The number of benzene rings is 8. The van der Waals surface area contributed by atoms with Crippen molar-refractivity contribution in [2.24, 2.45) is 0 Å². The van der Waals surface area contributed by atoms with Gasteiger partial charge >= 0.3 is 0 Å². The molecule has 2 N–H and O–H groups in total. The predicted octanol–water partition coefficient (Wildman–Crippen LogP) is 19.0. The average molecular weight is 1130 g/mol. The van der Waals surface area contributed by atoms with E-state index in [1.54, 1.807) is 0 Å². The molecule has 0 saturated heterocycles. The van der Waals surface area contributed by atoms with Crippen LogP contribution in [0.3, 0.4) is 0 Å². The zero-order valence-electron chi connectivity index (χ0n) is 52.8. The maximum absolute atomic E-state index is 13.0. The Morgan fingerprint density at radius 2 is 0.707 bits per heavy atom. The first-order valence-electron chi connectivity index (χ1n) is 29.6. The topological polar surface area (TPSA) is 68.8 Å². The molecule has 0 aliphatic heterocycles. The fourth-order valence-electron chi connectivity index (χ4n) is 11.9. The summed E-state index contributed by atoms with van der Waals surface area (Å²) in [7, 11) is -3.69. The van der Waals surface area contributed by atoms with E-state index in [-0.39, 0.29) is 27.7 Å². The second-order valence-electron chi connectivity index (χ2n) is 28.9. The molecule has 8 heteroatoms. The lowest BCUT2D eigenvalue weighted by Crippen LogP contribution is -2.37. The largest absolute Gasteiger partial charge is 0.505 e. The van der Waals surface area contributed by atoms with Crippen molar-refractivity contribution in [1.29, 1.82) is 0 Å².